The van der Waals surface area contributed by atoms with Gasteiger partial charge in [0.25, 0.3) is 0 Å². The van der Waals surface area contributed by atoms with Crippen molar-refractivity contribution in [2.24, 2.45) is 5.16 Å². The van der Waals surface area contributed by atoms with Crippen molar-refractivity contribution >= 4 is 12.0 Å². The van der Waals surface area contributed by atoms with Gasteiger partial charge in [-0.2, -0.15) is 9.97 Å². The van der Waals surface area contributed by atoms with Crippen LogP contribution in [0.5, 0.6) is 11.8 Å². The molecule has 98 valence electrons. The standard InChI is InChI=1S/C12H11FN4O2/c1-18-9-4-2-8(3-5-9)6-16-19-12-15-7-10(13)11(14)17-12/h2-7H,1H3,(H2,14,15,17). The van der Waals surface area contributed by atoms with Crippen molar-refractivity contribution in [3.63, 3.8) is 0 Å². The Bertz CT molecular complexity index is 587. The van der Waals surface area contributed by atoms with Crippen LogP contribution < -0.4 is 15.3 Å². The van der Waals surface area contributed by atoms with Crippen LogP contribution in [-0.2, 0) is 0 Å². The zero-order chi connectivity index (χ0) is 13.7. The number of hydrogen-bond donors (Lipinski definition) is 1. The van der Waals surface area contributed by atoms with Gasteiger partial charge in [0.05, 0.1) is 19.5 Å². The van der Waals surface area contributed by atoms with Gasteiger partial charge in [0.15, 0.2) is 11.6 Å². The van der Waals surface area contributed by atoms with Crippen molar-refractivity contribution in [2.45, 2.75) is 0 Å². The number of nitrogen functional groups attached to an aromatic ring is 1. The van der Waals surface area contributed by atoms with Gasteiger partial charge in [-0.05, 0) is 29.8 Å². The Kier molecular flexibility index (Phi) is 3.87. The molecule has 6 nitrogen and oxygen atoms in total. The summed E-state index contributed by atoms with van der Waals surface area (Å²) in [4.78, 5) is 12.0. The highest BCUT2D eigenvalue weighted by Crippen LogP contribution is 2.11. The second kappa shape index (κ2) is 5.76. The van der Waals surface area contributed by atoms with Crippen LogP contribution in [0.1, 0.15) is 5.56 Å². The molecule has 1 aromatic heterocycles. The Morgan fingerprint density at radius 1 is 1.32 bits per heavy atom. The molecule has 0 saturated heterocycles. The van der Waals surface area contributed by atoms with Crippen LogP contribution in [0, 0.1) is 5.82 Å². The first-order valence-corrected chi connectivity index (χ1v) is 5.31. The van der Waals surface area contributed by atoms with Crippen molar-refractivity contribution in [3.8, 4) is 11.8 Å². The second-order valence-electron chi connectivity index (χ2n) is 3.48. The van der Waals surface area contributed by atoms with Crippen LogP contribution in [0.3, 0.4) is 0 Å². The van der Waals surface area contributed by atoms with Crippen molar-refractivity contribution in [1.82, 2.24) is 9.97 Å². The van der Waals surface area contributed by atoms with Crippen LogP contribution in [0.4, 0.5) is 10.2 Å². The summed E-state index contributed by atoms with van der Waals surface area (Å²) in [5.74, 6) is -0.246. The summed E-state index contributed by atoms with van der Waals surface area (Å²) < 4.78 is 17.8. The van der Waals surface area contributed by atoms with Gasteiger partial charge in [-0.15, -0.1) is 0 Å². The summed E-state index contributed by atoms with van der Waals surface area (Å²) in [6, 6.07) is 7.04. The topological polar surface area (TPSA) is 82.6 Å². The number of methoxy groups -OCH3 is 1. The molecule has 0 aliphatic heterocycles. The fraction of sp³-hybridized carbons (Fsp3) is 0.0833. The average molecular weight is 262 g/mol. The minimum Gasteiger partial charge on any atom is -0.497 e. The Hall–Kier alpha value is -2.70. The lowest BCUT2D eigenvalue weighted by molar-refractivity contribution is 0.314. The predicted molar refractivity (Wildman–Crippen MR) is 67.6 cm³/mol. The number of halogens is 1. The van der Waals surface area contributed by atoms with E-state index in [-0.39, 0.29) is 11.8 Å². The molecule has 0 aliphatic rings. The Labute approximate surface area is 108 Å². The number of anilines is 1. The highest BCUT2D eigenvalue weighted by Gasteiger charge is 2.03. The van der Waals surface area contributed by atoms with E-state index in [2.05, 4.69) is 15.1 Å². The lowest BCUT2D eigenvalue weighted by Gasteiger charge is -1.99. The third-order valence-corrected chi connectivity index (χ3v) is 2.20. The van der Waals surface area contributed by atoms with E-state index >= 15 is 0 Å². The molecule has 0 fully saturated rings. The second-order valence-corrected chi connectivity index (χ2v) is 3.48. The maximum Gasteiger partial charge on any atom is 0.347 e. The van der Waals surface area contributed by atoms with E-state index in [4.69, 9.17) is 15.3 Å². The molecule has 2 aromatic rings. The number of oxime groups is 1. The Morgan fingerprint density at radius 2 is 2.05 bits per heavy atom. The molecule has 0 aliphatic carbocycles. The molecule has 19 heavy (non-hydrogen) atoms. The van der Waals surface area contributed by atoms with E-state index in [0.29, 0.717) is 0 Å². The van der Waals surface area contributed by atoms with Crippen molar-refractivity contribution in [2.75, 3.05) is 12.8 Å². The van der Waals surface area contributed by atoms with Crippen molar-refractivity contribution in [1.29, 1.82) is 0 Å². The SMILES string of the molecule is COc1ccc(C=NOc2ncc(F)c(N)n2)cc1. The summed E-state index contributed by atoms with van der Waals surface area (Å²) in [5.41, 5.74) is 6.07. The molecule has 0 atom stereocenters. The highest BCUT2D eigenvalue weighted by molar-refractivity contribution is 5.79. The molecule has 2 rings (SSSR count). The molecule has 0 amide bonds. The van der Waals surface area contributed by atoms with Crippen LogP contribution >= 0.6 is 0 Å². The first kappa shape index (κ1) is 12.7. The molecule has 1 heterocycles. The van der Waals surface area contributed by atoms with Crippen LogP contribution in [-0.4, -0.2) is 23.3 Å². The molecule has 1 aromatic carbocycles. The predicted octanol–water partition coefficient (Wildman–Crippen LogP) is 1.62. The zero-order valence-electron chi connectivity index (χ0n) is 10.1. The van der Waals surface area contributed by atoms with Gasteiger partial charge >= 0.3 is 6.01 Å². The summed E-state index contributed by atoms with van der Waals surface area (Å²) in [6.45, 7) is 0. The normalized spacial score (nSPS) is 10.6. The number of rotatable bonds is 4. The third-order valence-electron chi connectivity index (χ3n) is 2.20. The minimum absolute atomic E-state index is 0.122. The summed E-state index contributed by atoms with van der Waals surface area (Å²) in [5, 5.41) is 3.67. The largest absolute Gasteiger partial charge is 0.497 e. The molecule has 0 bridgehead atoms. The van der Waals surface area contributed by atoms with Gasteiger partial charge in [0.1, 0.15) is 5.75 Å². The lowest BCUT2D eigenvalue weighted by Crippen LogP contribution is -1.99. The van der Waals surface area contributed by atoms with Gasteiger partial charge in [0.2, 0.25) is 0 Å². The summed E-state index contributed by atoms with van der Waals surface area (Å²) in [6.07, 6.45) is 2.38. The maximum absolute atomic E-state index is 12.8. The van der Waals surface area contributed by atoms with E-state index in [1.165, 1.54) is 6.21 Å². The van der Waals surface area contributed by atoms with Gasteiger partial charge in [0, 0.05) is 0 Å². The molecule has 0 saturated carbocycles. The van der Waals surface area contributed by atoms with Gasteiger partial charge < -0.3 is 15.3 Å². The maximum atomic E-state index is 12.8. The molecule has 0 spiro atoms. The molecule has 0 radical (unpaired) electrons. The zero-order valence-corrected chi connectivity index (χ0v) is 10.1. The van der Waals surface area contributed by atoms with E-state index in [0.717, 1.165) is 17.5 Å². The van der Waals surface area contributed by atoms with E-state index < -0.39 is 5.82 Å². The first-order chi connectivity index (χ1) is 9.19. The highest BCUT2D eigenvalue weighted by atomic mass is 19.1. The summed E-state index contributed by atoms with van der Waals surface area (Å²) >= 11 is 0. The number of aromatic nitrogens is 2. The number of nitrogens with two attached hydrogens (primary N) is 1. The van der Waals surface area contributed by atoms with Crippen LogP contribution in [0.15, 0.2) is 35.6 Å². The molecule has 7 heteroatoms. The minimum atomic E-state index is -0.702. The Balaban J connectivity index is 2.00. The Morgan fingerprint density at radius 3 is 2.68 bits per heavy atom. The van der Waals surface area contributed by atoms with Crippen LogP contribution in [0.2, 0.25) is 0 Å². The van der Waals surface area contributed by atoms with Crippen molar-refractivity contribution < 1.29 is 14.0 Å². The summed E-state index contributed by atoms with van der Waals surface area (Å²) in [7, 11) is 1.59. The third kappa shape index (κ3) is 3.38. The quantitative estimate of drug-likeness (QED) is 0.668. The van der Waals surface area contributed by atoms with Gasteiger partial charge in [-0.1, -0.05) is 5.16 Å². The first-order valence-electron chi connectivity index (χ1n) is 5.31. The fourth-order valence-electron chi connectivity index (χ4n) is 1.23. The molecular formula is C12H11FN4O2. The molecular weight excluding hydrogens is 251 g/mol. The molecule has 0 unspecified atom stereocenters. The number of nitrogens with zero attached hydrogens (tertiary/aromatic N) is 3. The number of hydrogen-bond acceptors (Lipinski definition) is 6. The molecule has 2 N–H and O–H groups in total. The lowest BCUT2D eigenvalue weighted by atomic mass is 10.2. The van der Waals surface area contributed by atoms with Crippen LogP contribution in [0.25, 0.3) is 0 Å². The fourth-order valence-corrected chi connectivity index (χ4v) is 1.23. The van der Waals surface area contributed by atoms with E-state index in [9.17, 15) is 4.39 Å². The van der Waals surface area contributed by atoms with E-state index in [1.807, 2.05) is 0 Å². The van der Waals surface area contributed by atoms with E-state index in [1.54, 1.807) is 31.4 Å². The van der Waals surface area contributed by atoms with Gasteiger partial charge in [-0.25, -0.2) is 4.39 Å². The van der Waals surface area contributed by atoms with Gasteiger partial charge in [-0.3, -0.25) is 0 Å². The number of ether oxygens (including phenoxy) is 1. The smallest absolute Gasteiger partial charge is 0.347 e. The number of benzene rings is 1. The van der Waals surface area contributed by atoms with Crippen molar-refractivity contribution in [3.05, 3.63) is 41.8 Å². The average Bonchev–Trinajstić information content (AvgIpc) is 2.43. The monoisotopic (exact) mass is 262 g/mol.